The van der Waals surface area contributed by atoms with Crippen LogP contribution in [-0.4, -0.2) is 145 Å². The van der Waals surface area contributed by atoms with Crippen LogP contribution in [0.3, 0.4) is 0 Å². The minimum absolute atomic E-state index is 0. The van der Waals surface area contributed by atoms with Crippen LogP contribution in [0.4, 0.5) is 14.0 Å². The second-order valence-corrected chi connectivity index (χ2v) is 21.3. The van der Waals surface area contributed by atoms with Crippen molar-refractivity contribution < 1.29 is 57.4 Å². The molecule has 5 aromatic heterocycles. The van der Waals surface area contributed by atoms with E-state index in [9.17, 15) is 43.3 Å². The van der Waals surface area contributed by atoms with Gasteiger partial charge in [-0.3, -0.25) is 24.4 Å². The van der Waals surface area contributed by atoms with Gasteiger partial charge in [0.1, 0.15) is 35.3 Å². The zero-order chi connectivity index (χ0) is 60.6. The highest BCUT2D eigenvalue weighted by Crippen LogP contribution is 2.26. The predicted octanol–water partition coefficient (Wildman–Crippen LogP) is 8.21. The number of ketones is 2. The van der Waals surface area contributed by atoms with Gasteiger partial charge in [-0.15, -0.1) is 0 Å². The maximum atomic E-state index is 13.2. The summed E-state index contributed by atoms with van der Waals surface area (Å²) >= 11 is 6.11. The monoisotopic (exact) mass is 1240 g/mol. The van der Waals surface area contributed by atoms with E-state index in [2.05, 4.69) is 65.3 Å². The number of carbonyl (C=O) groups excluding carboxylic acids is 5. The number of aromatic nitrogens is 9. The second kappa shape index (κ2) is 35.1. The van der Waals surface area contributed by atoms with Crippen LogP contribution in [0.1, 0.15) is 152 Å². The second-order valence-electron chi connectivity index (χ2n) is 21.0. The number of imidazole rings is 2. The van der Waals surface area contributed by atoms with Crippen LogP contribution in [0.25, 0.3) is 17.0 Å². The molecule has 87 heavy (non-hydrogen) atoms. The van der Waals surface area contributed by atoms with E-state index in [0.29, 0.717) is 48.3 Å². The number of nitrogens with one attached hydrogen (secondary N) is 4. The van der Waals surface area contributed by atoms with Crippen molar-refractivity contribution in [3.8, 4) is 11.4 Å². The molecule has 9 rings (SSSR count). The summed E-state index contributed by atoms with van der Waals surface area (Å²) in [5, 5.41) is 28.6. The van der Waals surface area contributed by atoms with Crippen molar-refractivity contribution in [1.82, 2.24) is 55.1 Å². The maximum absolute atomic E-state index is 13.2. The number of carboxylic acid groups (broad SMARTS) is 1. The SMILES string of the molecule is C.C.C.C.C.CC(C)(C)OC(=O)NC1Cc2nc[nH]c2CC1=O.CC(C)c1cnn2c(Cl)nc(-c3cncc(F)c3)nc12.COC(=O)C(CC1=C([N+](=O)[O-])N=CC1)NC(=O)OC(C)(C)C.NC(CC1=CN=CC1)C(=O)O.NC1Cc2nc[nH]c2CC1=O. The molecule has 0 spiro atoms. The van der Waals surface area contributed by atoms with Gasteiger partial charge in [-0.1, -0.05) is 56.0 Å². The standard InChI is InChI=1S/C13H11ClFN5.C13H19N3O6.C12H17N3O3.C7H9N3O.C7H10N2O2.5CH4/c1-7(2)10-6-17-20-12(10)18-11(19-13(20)14)8-3-9(15)5-16-4-8;1-13(2,3)22-12(18)15-9(11(17)21-4)7-8-5-6-14-10(8)16(19)20;1-12(2,3)18-11(17)15-9-4-7-8(5-10(9)16)14-6-13-7;8-4-1-5-6(2-7(4)11)10-3-9-5;8-6(7(10)11)3-5-1-2-9-4-5;;;;;/h3-7H,1-2H3;6,9H,5,7H2,1-4H3,(H,15,18);6,9H,4-5H2,1-3H3,(H,13,14)(H,15,17);3-4H,1-2,8H2,(H,9,10);2,4,6H,1,3,8H2,(H,10,11);5*1H4. The molecule has 9 N–H and O–H groups in total. The zero-order valence-corrected chi connectivity index (χ0v) is 47.3. The Balaban J connectivity index is 0.00000107. The number of nitro groups is 1. The summed E-state index contributed by atoms with van der Waals surface area (Å²) in [6.07, 6.45) is 13.9. The number of nitrogens with zero attached hydrogens (tertiary/aromatic N) is 10. The van der Waals surface area contributed by atoms with Crippen LogP contribution in [0.5, 0.6) is 0 Å². The number of rotatable bonds is 11. The van der Waals surface area contributed by atoms with E-state index in [1.165, 1.54) is 30.1 Å². The number of hydrogen-bond acceptors (Lipinski definition) is 21. The van der Waals surface area contributed by atoms with Gasteiger partial charge in [0.25, 0.3) is 0 Å². The van der Waals surface area contributed by atoms with E-state index in [-0.39, 0.29) is 91.0 Å². The summed E-state index contributed by atoms with van der Waals surface area (Å²) in [7, 11) is 1.17. The van der Waals surface area contributed by atoms with E-state index in [4.69, 9.17) is 37.6 Å². The number of alkyl carbamates (subject to hydrolysis) is 2. The van der Waals surface area contributed by atoms with Crippen molar-refractivity contribution in [2.75, 3.05) is 7.11 Å². The van der Waals surface area contributed by atoms with Gasteiger partial charge in [0.2, 0.25) is 5.28 Å². The fraction of sp³-hybridized carbons (Fsp3) is 0.509. The van der Waals surface area contributed by atoms with Crippen molar-refractivity contribution in [3.63, 3.8) is 0 Å². The van der Waals surface area contributed by atoms with Gasteiger partial charge in [-0.05, 0) is 82.0 Å². The average molecular weight is 1240 g/mol. The zero-order valence-electron chi connectivity index (χ0n) is 46.6. The van der Waals surface area contributed by atoms with Gasteiger partial charge in [-0.2, -0.15) is 14.6 Å². The number of ether oxygens (including phenoxy) is 3. The lowest BCUT2D eigenvalue weighted by Gasteiger charge is -2.24. The van der Waals surface area contributed by atoms with Crippen LogP contribution in [0.2, 0.25) is 5.28 Å². The molecule has 4 aliphatic rings. The molecule has 0 radical (unpaired) electrons. The Labute approximate surface area is 511 Å². The number of hydrogen-bond donors (Lipinski definition) is 7. The van der Waals surface area contributed by atoms with Crippen molar-refractivity contribution >= 4 is 65.4 Å². The Morgan fingerprint density at radius 3 is 2.02 bits per heavy atom. The third-order valence-electron chi connectivity index (χ3n) is 11.7. The first-order valence-corrected chi connectivity index (χ1v) is 25.9. The number of nitrogens with two attached hydrogens (primary N) is 2. The number of halogens is 2. The number of aromatic amines is 2. The number of carbonyl (C=O) groups is 6. The number of fused-ring (bicyclic) bond motifs is 3. The minimum atomic E-state index is -1.08. The first-order chi connectivity index (χ1) is 38.5. The molecule has 0 saturated carbocycles. The number of amides is 2. The first-order valence-electron chi connectivity index (χ1n) is 25.5. The molecule has 0 aromatic carbocycles. The van der Waals surface area contributed by atoms with Crippen molar-refractivity contribution in [2.45, 2.75) is 185 Å². The maximum Gasteiger partial charge on any atom is 0.408 e. The van der Waals surface area contributed by atoms with E-state index in [1.54, 1.807) is 72.8 Å². The Kier molecular flexibility index (Phi) is 31.6. The molecule has 4 atom stereocenters. The highest BCUT2D eigenvalue weighted by atomic mass is 35.5. The lowest BCUT2D eigenvalue weighted by molar-refractivity contribution is -0.426. The van der Waals surface area contributed by atoms with Crippen LogP contribution >= 0.6 is 11.6 Å². The Morgan fingerprint density at radius 2 is 1.48 bits per heavy atom. The van der Waals surface area contributed by atoms with Gasteiger partial charge in [-0.25, -0.2) is 33.7 Å². The fourth-order valence-electron chi connectivity index (χ4n) is 7.80. The van der Waals surface area contributed by atoms with Crippen LogP contribution in [0, 0.1) is 15.9 Å². The van der Waals surface area contributed by atoms with E-state index in [0.717, 1.165) is 46.5 Å². The Morgan fingerprint density at radius 1 is 0.885 bits per heavy atom. The first kappa shape index (κ1) is 78.3. The van der Waals surface area contributed by atoms with Crippen LogP contribution in [0.15, 0.2) is 70.5 Å². The predicted molar refractivity (Wildman–Crippen MR) is 328 cm³/mol. The molecule has 0 bridgehead atoms. The van der Waals surface area contributed by atoms with Crippen molar-refractivity contribution in [3.05, 3.63) is 110 Å². The third-order valence-corrected chi connectivity index (χ3v) is 12.0. The molecular formula is C57H86ClFN16O12. The minimum Gasteiger partial charge on any atom is -0.480 e. The number of pyridine rings is 1. The summed E-state index contributed by atoms with van der Waals surface area (Å²) in [4.78, 5) is 112. The molecule has 2 aliphatic heterocycles. The number of Topliss-reactive ketones (excluding diaryl/α,β-unsaturated/α-hetero) is 2. The molecule has 28 nitrogen and oxygen atoms in total. The summed E-state index contributed by atoms with van der Waals surface area (Å²) in [5.74, 6) is -1.78. The summed E-state index contributed by atoms with van der Waals surface area (Å²) in [6.45, 7) is 14.4. The Bertz CT molecular complexity index is 3270. The summed E-state index contributed by atoms with van der Waals surface area (Å²) in [5.41, 5.74) is 16.5. The summed E-state index contributed by atoms with van der Waals surface area (Å²) in [6, 6.07) is -1.43. The largest absolute Gasteiger partial charge is 0.480 e. The molecule has 0 fully saturated rings. The van der Waals surface area contributed by atoms with Crippen molar-refractivity contribution in [2.24, 2.45) is 21.5 Å². The van der Waals surface area contributed by atoms with E-state index >= 15 is 0 Å². The lowest BCUT2D eigenvalue weighted by atomic mass is 9.95. The lowest BCUT2D eigenvalue weighted by Crippen LogP contribution is -2.47. The molecule has 5 aromatic rings. The molecule has 4 unspecified atom stereocenters. The molecule has 30 heteroatoms. The van der Waals surface area contributed by atoms with Crippen LogP contribution in [-0.2, 0) is 59.1 Å². The third kappa shape index (κ3) is 23.9. The van der Waals surface area contributed by atoms with Gasteiger partial charge in [0, 0.05) is 85.2 Å². The average Bonchev–Trinajstić information content (AvgIpc) is 1.95. The van der Waals surface area contributed by atoms with Gasteiger partial charge >= 0.3 is 29.9 Å². The van der Waals surface area contributed by atoms with Crippen molar-refractivity contribution in [1.29, 1.82) is 0 Å². The molecule has 480 valence electrons. The highest BCUT2D eigenvalue weighted by Gasteiger charge is 2.33. The molecular weight excluding hydrogens is 1160 g/mol. The number of esters is 1. The quantitative estimate of drug-likeness (QED) is 0.0283. The van der Waals surface area contributed by atoms with Crippen LogP contribution < -0.4 is 22.1 Å². The topological polar surface area (TPSA) is 408 Å². The molecule has 2 amide bonds. The number of H-pyrrole nitrogens is 2. The number of aliphatic carboxylic acids is 1. The number of methoxy groups -OCH3 is 1. The molecule has 2 aliphatic carbocycles. The van der Waals surface area contributed by atoms with Gasteiger partial charge < -0.3 is 61.5 Å². The smallest absolute Gasteiger partial charge is 0.408 e. The highest BCUT2D eigenvalue weighted by molar-refractivity contribution is 6.28. The Hall–Kier alpha value is -8.70. The van der Waals surface area contributed by atoms with Gasteiger partial charge in [0.15, 0.2) is 23.0 Å². The molecule has 7 heterocycles. The molecule has 0 saturated heterocycles. The summed E-state index contributed by atoms with van der Waals surface area (Å²) < 4.78 is 29.5. The normalized spacial score (nSPS) is 15.8. The fourth-order valence-corrected chi connectivity index (χ4v) is 8.00. The van der Waals surface area contributed by atoms with E-state index in [1.807, 2.05) is 13.8 Å². The number of carboxylic acids is 1. The van der Waals surface area contributed by atoms with E-state index < -0.39 is 64.2 Å². The van der Waals surface area contributed by atoms with Gasteiger partial charge in [0.05, 0.1) is 62.1 Å². The number of aliphatic imine (C=N–C) groups is 2.